The van der Waals surface area contributed by atoms with E-state index in [1.54, 1.807) is 6.08 Å². The van der Waals surface area contributed by atoms with Gasteiger partial charge in [-0.05, 0) is 29.2 Å². The second-order valence-electron chi connectivity index (χ2n) is 5.96. The summed E-state index contributed by atoms with van der Waals surface area (Å²) in [7, 11) is 1.39. The zero-order valence-electron chi connectivity index (χ0n) is 15.1. The fourth-order valence-electron chi connectivity index (χ4n) is 2.64. The highest BCUT2D eigenvalue weighted by Gasteiger charge is 1.99. The molecule has 2 aromatic rings. The Bertz CT molecular complexity index is 788. The van der Waals surface area contributed by atoms with Crippen molar-refractivity contribution >= 4 is 28.7 Å². The fourth-order valence-corrected chi connectivity index (χ4v) is 2.64. The molecule has 0 radical (unpaired) electrons. The molecular weight excluding hydrogens is 326 g/mol. The van der Waals surface area contributed by atoms with E-state index in [0.717, 1.165) is 24.8 Å². The van der Waals surface area contributed by atoms with Crippen molar-refractivity contribution in [2.45, 2.75) is 25.7 Å². The number of hydrogen-bond acceptors (Lipinski definition) is 3. The van der Waals surface area contributed by atoms with Gasteiger partial charge in [-0.3, -0.25) is 9.59 Å². The molecule has 136 valence electrons. The van der Waals surface area contributed by atoms with Crippen molar-refractivity contribution in [3.63, 3.8) is 0 Å². The number of unbranched alkanes of at least 4 members (excludes halogenated alkanes) is 2. The smallest absolute Gasteiger partial charge is 0.305 e. The Morgan fingerprint density at radius 2 is 1.81 bits per heavy atom. The lowest BCUT2D eigenvalue weighted by molar-refractivity contribution is -0.140. The maximum absolute atomic E-state index is 11.7. The number of esters is 1. The third kappa shape index (κ3) is 6.55. The lowest BCUT2D eigenvalue weighted by atomic mass is 10.0. The molecule has 0 bridgehead atoms. The molecule has 26 heavy (non-hydrogen) atoms. The van der Waals surface area contributed by atoms with Gasteiger partial charge in [0.25, 0.3) is 0 Å². The summed E-state index contributed by atoms with van der Waals surface area (Å²) in [6.07, 6.45) is 10.1. The lowest BCUT2D eigenvalue weighted by Crippen LogP contribution is -2.22. The van der Waals surface area contributed by atoms with E-state index in [2.05, 4.69) is 34.3 Å². The predicted octanol–water partition coefficient (Wildman–Crippen LogP) is 4.26. The molecule has 1 N–H and O–H groups in total. The molecule has 0 aliphatic carbocycles. The summed E-state index contributed by atoms with van der Waals surface area (Å²) in [6.45, 7) is 0.609. The highest BCUT2D eigenvalue weighted by Crippen LogP contribution is 2.19. The van der Waals surface area contributed by atoms with Crippen LogP contribution >= 0.6 is 0 Å². The number of benzene rings is 2. The quantitative estimate of drug-likeness (QED) is 0.318. The van der Waals surface area contributed by atoms with Crippen molar-refractivity contribution in [3.8, 4) is 0 Å². The number of carbonyl (C=O) groups excluding carboxylic acids is 2. The first-order valence-electron chi connectivity index (χ1n) is 8.88. The number of hydrogen-bond donors (Lipinski definition) is 1. The van der Waals surface area contributed by atoms with Gasteiger partial charge in [-0.25, -0.2) is 0 Å². The second kappa shape index (κ2) is 10.9. The molecule has 0 spiro atoms. The molecule has 0 heterocycles. The third-order valence-corrected chi connectivity index (χ3v) is 4.04. The summed E-state index contributed by atoms with van der Waals surface area (Å²) in [6, 6.07) is 14.4. The van der Waals surface area contributed by atoms with Gasteiger partial charge in [0.1, 0.15) is 0 Å². The summed E-state index contributed by atoms with van der Waals surface area (Å²) < 4.78 is 4.58. The van der Waals surface area contributed by atoms with Gasteiger partial charge in [0.15, 0.2) is 0 Å². The molecule has 4 nitrogen and oxygen atoms in total. The summed E-state index contributed by atoms with van der Waals surface area (Å²) in [5.74, 6) is -0.296. The summed E-state index contributed by atoms with van der Waals surface area (Å²) in [5, 5.41) is 5.23. The number of carbonyl (C=O) groups is 2. The van der Waals surface area contributed by atoms with Crippen molar-refractivity contribution < 1.29 is 14.3 Å². The number of fused-ring (bicyclic) bond motifs is 1. The molecule has 4 heteroatoms. The molecule has 0 saturated carbocycles. The highest BCUT2D eigenvalue weighted by molar-refractivity contribution is 5.91. The standard InChI is InChI=1S/C22H25NO3/c1-26-22(25)16-3-2-8-17-23-21(24)15-7-5-11-19-13-9-12-18-10-4-6-14-20(18)19/h4-7,9-15H,2-3,8,16-17H2,1H3,(H,23,24)/b11-5+,15-7+. The molecule has 0 aliphatic rings. The van der Waals surface area contributed by atoms with Gasteiger partial charge < -0.3 is 10.1 Å². The molecule has 0 aliphatic heterocycles. The molecule has 0 saturated heterocycles. The molecule has 0 aromatic heterocycles. The molecule has 1 amide bonds. The average molecular weight is 351 g/mol. The highest BCUT2D eigenvalue weighted by atomic mass is 16.5. The van der Waals surface area contributed by atoms with Gasteiger partial charge in [0, 0.05) is 19.0 Å². The van der Waals surface area contributed by atoms with Crippen molar-refractivity contribution in [1.29, 1.82) is 0 Å². The zero-order chi connectivity index (χ0) is 18.6. The van der Waals surface area contributed by atoms with Crippen LogP contribution in [0.1, 0.15) is 31.2 Å². The Morgan fingerprint density at radius 1 is 1.00 bits per heavy atom. The molecule has 0 fully saturated rings. The lowest BCUT2D eigenvalue weighted by Gasteiger charge is -2.02. The molecule has 0 unspecified atom stereocenters. The monoisotopic (exact) mass is 351 g/mol. The minimum Gasteiger partial charge on any atom is -0.469 e. The van der Waals surface area contributed by atoms with E-state index in [1.807, 2.05) is 30.4 Å². The van der Waals surface area contributed by atoms with Crippen LogP contribution in [0.15, 0.2) is 60.7 Å². The predicted molar refractivity (Wildman–Crippen MR) is 106 cm³/mol. The first kappa shape index (κ1) is 19.4. The number of rotatable bonds is 9. The topological polar surface area (TPSA) is 55.4 Å². The number of amides is 1. The van der Waals surface area contributed by atoms with Crippen LogP contribution in [0.4, 0.5) is 0 Å². The van der Waals surface area contributed by atoms with Crippen LogP contribution in [0.5, 0.6) is 0 Å². The van der Waals surface area contributed by atoms with E-state index >= 15 is 0 Å². The van der Waals surface area contributed by atoms with Crippen LogP contribution < -0.4 is 5.32 Å². The average Bonchev–Trinajstić information content (AvgIpc) is 2.67. The Morgan fingerprint density at radius 3 is 2.65 bits per heavy atom. The maximum Gasteiger partial charge on any atom is 0.305 e. The second-order valence-corrected chi connectivity index (χ2v) is 5.96. The fraction of sp³-hybridized carbons (Fsp3) is 0.273. The number of nitrogens with one attached hydrogen (secondary N) is 1. The molecule has 0 atom stereocenters. The zero-order valence-corrected chi connectivity index (χ0v) is 15.1. The van der Waals surface area contributed by atoms with Gasteiger partial charge in [-0.1, -0.05) is 67.1 Å². The molecular formula is C22H25NO3. The van der Waals surface area contributed by atoms with Gasteiger partial charge in [0.2, 0.25) is 5.91 Å². The number of allylic oxidation sites excluding steroid dienone is 2. The third-order valence-electron chi connectivity index (χ3n) is 4.04. The van der Waals surface area contributed by atoms with E-state index in [0.29, 0.717) is 13.0 Å². The van der Waals surface area contributed by atoms with E-state index in [9.17, 15) is 9.59 Å². The van der Waals surface area contributed by atoms with Crippen LogP contribution in [-0.4, -0.2) is 25.5 Å². The van der Waals surface area contributed by atoms with E-state index < -0.39 is 0 Å². The Hall–Kier alpha value is -2.88. The maximum atomic E-state index is 11.7. The van der Waals surface area contributed by atoms with Crippen molar-refractivity contribution in [2.24, 2.45) is 0 Å². The first-order valence-corrected chi connectivity index (χ1v) is 8.88. The van der Waals surface area contributed by atoms with Gasteiger partial charge in [-0.2, -0.15) is 0 Å². The van der Waals surface area contributed by atoms with Crippen LogP contribution in [0.3, 0.4) is 0 Å². The van der Waals surface area contributed by atoms with Crippen molar-refractivity contribution in [3.05, 3.63) is 66.3 Å². The van der Waals surface area contributed by atoms with Crippen molar-refractivity contribution in [2.75, 3.05) is 13.7 Å². The van der Waals surface area contributed by atoms with E-state index in [1.165, 1.54) is 24.0 Å². The Balaban J connectivity index is 1.71. The van der Waals surface area contributed by atoms with E-state index in [-0.39, 0.29) is 11.9 Å². The van der Waals surface area contributed by atoms with Crippen LogP contribution in [0, 0.1) is 0 Å². The van der Waals surface area contributed by atoms with Crippen LogP contribution in [0.2, 0.25) is 0 Å². The van der Waals surface area contributed by atoms with Crippen molar-refractivity contribution in [1.82, 2.24) is 5.32 Å². The van der Waals surface area contributed by atoms with Crippen LogP contribution in [0.25, 0.3) is 16.8 Å². The van der Waals surface area contributed by atoms with Crippen LogP contribution in [-0.2, 0) is 14.3 Å². The summed E-state index contributed by atoms with van der Waals surface area (Å²) >= 11 is 0. The molecule has 2 aromatic carbocycles. The number of methoxy groups -OCH3 is 1. The largest absolute Gasteiger partial charge is 0.469 e. The minimum atomic E-state index is -0.185. The van der Waals surface area contributed by atoms with Gasteiger partial charge >= 0.3 is 5.97 Å². The molecule has 2 rings (SSSR count). The normalized spacial score (nSPS) is 11.3. The summed E-state index contributed by atoms with van der Waals surface area (Å²) in [5.41, 5.74) is 1.12. The Kier molecular flexibility index (Phi) is 8.13. The number of ether oxygens (including phenoxy) is 1. The van der Waals surface area contributed by atoms with E-state index in [4.69, 9.17) is 0 Å². The van der Waals surface area contributed by atoms with Gasteiger partial charge in [0.05, 0.1) is 7.11 Å². The first-order chi connectivity index (χ1) is 12.7. The van der Waals surface area contributed by atoms with Gasteiger partial charge in [-0.15, -0.1) is 0 Å². The SMILES string of the molecule is COC(=O)CCCCCNC(=O)/C=C/C=C/c1cccc2ccccc12. The minimum absolute atomic E-state index is 0.111. The Labute approximate surface area is 154 Å². The summed E-state index contributed by atoms with van der Waals surface area (Å²) in [4.78, 5) is 22.7.